The van der Waals surface area contributed by atoms with E-state index in [-0.39, 0.29) is 18.3 Å². The van der Waals surface area contributed by atoms with Crippen LogP contribution in [0, 0.1) is 23.2 Å². The zero-order valence-electron chi connectivity index (χ0n) is 19.1. The van der Waals surface area contributed by atoms with Crippen molar-refractivity contribution >= 4 is 11.9 Å². The average molecular weight is 399 g/mol. The van der Waals surface area contributed by atoms with Crippen molar-refractivity contribution in [3.05, 3.63) is 0 Å². The summed E-state index contributed by atoms with van der Waals surface area (Å²) in [5.74, 6) is -0.671. The largest absolute Gasteiger partial charge is 0.481 e. The van der Waals surface area contributed by atoms with Crippen LogP contribution in [0.2, 0.25) is 0 Å². The van der Waals surface area contributed by atoms with Gasteiger partial charge in [0.2, 0.25) is 0 Å². The molecule has 0 saturated heterocycles. The van der Waals surface area contributed by atoms with E-state index in [1.165, 1.54) is 19.3 Å². The molecule has 0 aliphatic rings. The van der Waals surface area contributed by atoms with Crippen LogP contribution in [0.1, 0.15) is 118 Å². The highest BCUT2D eigenvalue weighted by Gasteiger charge is 2.48. The van der Waals surface area contributed by atoms with Crippen molar-refractivity contribution in [2.45, 2.75) is 118 Å². The third-order valence-corrected chi connectivity index (χ3v) is 6.49. The van der Waals surface area contributed by atoms with E-state index in [2.05, 4.69) is 34.6 Å². The Morgan fingerprint density at radius 2 is 1.32 bits per heavy atom. The standard InChI is InChI=1S/C24H46O4/c1-6-7-8-12-15-18-24(20(4)5,23(27)28)21(19(2)3)16-13-10-9-11-14-17-22(25)26/h19-21H,6-18H2,1-5H3,(H,25,26)(H,27,28). The van der Waals surface area contributed by atoms with E-state index in [0.717, 1.165) is 57.8 Å². The van der Waals surface area contributed by atoms with E-state index in [4.69, 9.17) is 5.11 Å². The van der Waals surface area contributed by atoms with Crippen molar-refractivity contribution in [3.8, 4) is 0 Å². The molecule has 2 N–H and O–H groups in total. The molecule has 0 rings (SSSR count). The van der Waals surface area contributed by atoms with Crippen molar-refractivity contribution < 1.29 is 19.8 Å². The molecule has 2 unspecified atom stereocenters. The molecule has 166 valence electrons. The van der Waals surface area contributed by atoms with Gasteiger partial charge in [0.1, 0.15) is 0 Å². The first kappa shape index (κ1) is 26.9. The smallest absolute Gasteiger partial charge is 0.310 e. The Morgan fingerprint density at radius 3 is 1.82 bits per heavy atom. The second kappa shape index (κ2) is 14.9. The summed E-state index contributed by atoms with van der Waals surface area (Å²) in [7, 11) is 0. The van der Waals surface area contributed by atoms with Crippen LogP contribution in [0.25, 0.3) is 0 Å². The number of carboxylic acid groups (broad SMARTS) is 2. The van der Waals surface area contributed by atoms with Gasteiger partial charge in [-0.1, -0.05) is 92.4 Å². The molecule has 0 aliphatic carbocycles. The molecule has 0 aromatic rings. The zero-order valence-corrected chi connectivity index (χ0v) is 19.1. The maximum Gasteiger partial charge on any atom is 0.310 e. The molecule has 4 nitrogen and oxygen atoms in total. The number of hydrogen-bond acceptors (Lipinski definition) is 2. The summed E-state index contributed by atoms with van der Waals surface area (Å²) in [6.07, 6.45) is 12.6. The van der Waals surface area contributed by atoms with Gasteiger partial charge in [-0.05, 0) is 37.0 Å². The Hall–Kier alpha value is -1.06. The van der Waals surface area contributed by atoms with Crippen LogP contribution in [-0.4, -0.2) is 22.2 Å². The molecular weight excluding hydrogens is 352 g/mol. The first-order chi connectivity index (χ1) is 13.2. The minimum absolute atomic E-state index is 0.124. The number of hydrogen-bond donors (Lipinski definition) is 2. The van der Waals surface area contributed by atoms with Gasteiger partial charge in [0, 0.05) is 6.42 Å². The normalized spacial score (nSPS) is 15.0. The summed E-state index contributed by atoms with van der Waals surface area (Å²) in [6.45, 7) is 10.7. The summed E-state index contributed by atoms with van der Waals surface area (Å²) in [6, 6.07) is 0. The van der Waals surface area contributed by atoms with E-state index < -0.39 is 17.4 Å². The summed E-state index contributed by atoms with van der Waals surface area (Å²) in [5.41, 5.74) is -0.635. The minimum atomic E-state index is -0.720. The molecule has 0 spiro atoms. The molecule has 0 saturated carbocycles. The lowest BCUT2D eigenvalue weighted by atomic mass is 9.60. The first-order valence-electron chi connectivity index (χ1n) is 11.6. The number of rotatable bonds is 18. The van der Waals surface area contributed by atoms with Crippen LogP contribution >= 0.6 is 0 Å². The van der Waals surface area contributed by atoms with Crippen molar-refractivity contribution in [3.63, 3.8) is 0 Å². The molecule has 0 heterocycles. The lowest BCUT2D eigenvalue weighted by Gasteiger charge is -2.43. The number of carbonyl (C=O) groups is 2. The molecule has 0 aromatic heterocycles. The number of unbranched alkanes of at least 4 members (excludes halogenated alkanes) is 8. The predicted molar refractivity (Wildman–Crippen MR) is 117 cm³/mol. The second-order valence-electron chi connectivity index (χ2n) is 9.22. The van der Waals surface area contributed by atoms with Gasteiger partial charge in [0.25, 0.3) is 0 Å². The Morgan fingerprint density at radius 1 is 0.786 bits per heavy atom. The van der Waals surface area contributed by atoms with E-state index in [9.17, 15) is 14.7 Å². The van der Waals surface area contributed by atoms with E-state index in [0.29, 0.717) is 5.92 Å². The van der Waals surface area contributed by atoms with Gasteiger partial charge in [-0.25, -0.2) is 0 Å². The minimum Gasteiger partial charge on any atom is -0.481 e. The van der Waals surface area contributed by atoms with Gasteiger partial charge in [-0.15, -0.1) is 0 Å². The fourth-order valence-corrected chi connectivity index (χ4v) is 4.79. The Labute approximate surface area is 173 Å². The Balaban J connectivity index is 4.86. The van der Waals surface area contributed by atoms with Crippen molar-refractivity contribution in [1.82, 2.24) is 0 Å². The van der Waals surface area contributed by atoms with Crippen LogP contribution in [0.15, 0.2) is 0 Å². The lowest BCUT2D eigenvalue weighted by molar-refractivity contribution is -0.160. The van der Waals surface area contributed by atoms with Crippen LogP contribution < -0.4 is 0 Å². The topological polar surface area (TPSA) is 74.6 Å². The van der Waals surface area contributed by atoms with Crippen LogP contribution in [-0.2, 0) is 9.59 Å². The summed E-state index contributed by atoms with van der Waals surface area (Å²) in [5, 5.41) is 19.0. The van der Waals surface area contributed by atoms with Gasteiger partial charge in [-0.2, -0.15) is 0 Å². The van der Waals surface area contributed by atoms with E-state index in [1.54, 1.807) is 0 Å². The van der Waals surface area contributed by atoms with Crippen molar-refractivity contribution in [2.24, 2.45) is 23.2 Å². The van der Waals surface area contributed by atoms with E-state index >= 15 is 0 Å². The fraction of sp³-hybridized carbons (Fsp3) is 0.917. The number of carboxylic acids is 2. The van der Waals surface area contributed by atoms with Gasteiger partial charge < -0.3 is 10.2 Å². The van der Waals surface area contributed by atoms with Crippen LogP contribution in [0.4, 0.5) is 0 Å². The molecule has 0 radical (unpaired) electrons. The van der Waals surface area contributed by atoms with Crippen LogP contribution in [0.5, 0.6) is 0 Å². The van der Waals surface area contributed by atoms with Gasteiger partial charge in [0.05, 0.1) is 5.41 Å². The molecule has 0 amide bonds. The SMILES string of the molecule is CCCCCCCC(C(=O)O)(C(C)C)C(CCCCCCCC(=O)O)C(C)C. The Kier molecular flexibility index (Phi) is 14.3. The third-order valence-electron chi connectivity index (χ3n) is 6.49. The third kappa shape index (κ3) is 9.43. The molecule has 0 aromatic carbocycles. The number of aliphatic carboxylic acids is 2. The quantitative estimate of drug-likeness (QED) is 0.240. The first-order valence-corrected chi connectivity index (χ1v) is 11.6. The summed E-state index contributed by atoms with van der Waals surface area (Å²) in [4.78, 5) is 23.1. The highest BCUT2D eigenvalue weighted by molar-refractivity contribution is 5.75. The Bertz CT molecular complexity index is 430. The van der Waals surface area contributed by atoms with Crippen LogP contribution in [0.3, 0.4) is 0 Å². The second-order valence-corrected chi connectivity index (χ2v) is 9.22. The van der Waals surface area contributed by atoms with Gasteiger partial charge >= 0.3 is 11.9 Å². The molecule has 28 heavy (non-hydrogen) atoms. The summed E-state index contributed by atoms with van der Waals surface area (Å²) < 4.78 is 0. The van der Waals surface area contributed by atoms with Gasteiger partial charge in [0.15, 0.2) is 0 Å². The average Bonchev–Trinajstić information content (AvgIpc) is 2.60. The molecule has 2 atom stereocenters. The van der Waals surface area contributed by atoms with Crippen molar-refractivity contribution in [1.29, 1.82) is 0 Å². The monoisotopic (exact) mass is 398 g/mol. The highest BCUT2D eigenvalue weighted by atomic mass is 16.4. The highest BCUT2D eigenvalue weighted by Crippen LogP contribution is 2.47. The molecule has 0 bridgehead atoms. The molecular formula is C24H46O4. The molecule has 0 aliphatic heterocycles. The van der Waals surface area contributed by atoms with Crippen molar-refractivity contribution in [2.75, 3.05) is 0 Å². The molecule has 0 fully saturated rings. The predicted octanol–water partition coefficient (Wildman–Crippen LogP) is 7.16. The maximum atomic E-state index is 12.5. The van der Waals surface area contributed by atoms with E-state index in [1.807, 2.05) is 0 Å². The molecule has 4 heteroatoms. The summed E-state index contributed by atoms with van der Waals surface area (Å²) >= 11 is 0. The lowest BCUT2D eigenvalue weighted by Crippen LogP contribution is -2.45. The van der Waals surface area contributed by atoms with Gasteiger partial charge in [-0.3, -0.25) is 9.59 Å². The maximum absolute atomic E-state index is 12.5. The zero-order chi connectivity index (χ0) is 21.6. The fourth-order valence-electron chi connectivity index (χ4n) is 4.79.